The van der Waals surface area contributed by atoms with Crippen molar-refractivity contribution in [2.24, 2.45) is 0 Å². The lowest BCUT2D eigenvalue weighted by Crippen LogP contribution is -2.38. The van der Waals surface area contributed by atoms with Gasteiger partial charge in [-0.25, -0.2) is 4.79 Å². The maximum Gasteiger partial charge on any atom is 0.328 e. The average molecular weight is 297 g/mol. The van der Waals surface area contributed by atoms with Gasteiger partial charge in [0.2, 0.25) is 5.91 Å². The normalized spacial score (nSPS) is 17.6. The van der Waals surface area contributed by atoms with Crippen molar-refractivity contribution in [2.75, 3.05) is 6.61 Å². The Morgan fingerprint density at radius 3 is 2.43 bits per heavy atom. The Kier molecular flexibility index (Phi) is 8.71. The number of carbonyl (C=O) groups excluding carboxylic acids is 3. The molecule has 0 aromatic carbocycles. The molecule has 120 valence electrons. The molecule has 0 bridgehead atoms. The van der Waals surface area contributed by atoms with Crippen molar-refractivity contribution < 1.29 is 19.1 Å². The van der Waals surface area contributed by atoms with Crippen LogP contribution >= 0.6 is 0 Å². The number of ether oxygens (including phenoxy) is 1. The van der Waals surface area contributed by atoms with Crippen molar-refractivity contribution in [3.63, 3.8) is 0 Å². The molecule has 1 amide bonds. The molecule has 0 unspecified atom stereocenters. The van der Waals surface area contributed by atoms with Crippen molar-refractivity contribution >= 4 is 17.7 Å². The largest absolute Gasteiger partial charge is 0.464 e. The Bertz CT molecular complexity index is 354. The van der Waals surface area contributed by atoms with Crippen LogP contribution in [0, 0.1) is 0 Å². The number of unbranched alkanes of at least 4 members (excludes halogenated alkanes) is 6. The minimum absolute atomic E-state index is 0.0487. The van der Waals surface area contributed by atoms with E-state index in [0.717, 1.165) is 19.3 Å². The van der Waals surface area contributed by atoms with Crippen LogP contribution in [0.5, 0.6) is 0 Å². The van der Waals surface area contributed by atoms with Gasteiger partial charge in [0.25, 0.3) is 0 Å². The topological polar surface area (TPSA) is 72.5 Å². The summed E-state index contributed by atoms with van der Waals surface area (Å²) < 4.78 is 4.75. The molecule has 1 N–H and O–H groups in total. The lowest BCUT2D eigenvalue weighted by Gasteiger charge is -2.08. The molecule has 5 heteroatoms. The second-order valence-corrected chi connectivity index (χ2v) is 5.66. The molecule has 1 heterocycles. The lowest BCUT2D eigenvalue weighted by atomic mass is 10.1. The molecule has 0 radical (unpaired) electrons. The van der Waals surface area contributed by atoms with Crippen LogP contribution in [0.4, 0.5) is 0 Å². The smallest absolute Gasteiger partial charge is 0.328 e. The minimum atomic E-state index is -0.566. The maximum absolute atomic E-state index is 11.7. The quantitative estimate of drug-likeness (QED) is 0.361. The number of cyclic esters (lactones) is 1. The Balaban J connectivity index is 2.02. The number of rotatable bonds is 11. The van der Waals surface area contributed by atoms with Crippen LogP contribution in [0.2, 0.25) is 0 Å². The van der Waals surface area contributed by atoms with E-state index in [1.807, 2.05) is 0 Å². The minimum Gasteiger partial charge on any atom is -0.464 e. The van der Waals surface area contributed by atoms with Gasteiger partial charge < -0.3 is 10.1 Å². The van der Waals surface area contributed by atoms with E-state index in [2.05, 4.69) is 12.2 Å². The van der Waals surface area contributed by atoms with Crippen LogP contribution < -0.4 is 5.32 Å². The van der Waals surface area contributed by atoms with Gasteiger partial charge in [-0.3, -0.25) is 9.59 Å². The highest BCUT2D eigenvalue weighted by molar-refractivity contribution is 5.99. The molecule has 0 aliphatic carbocycles. The molecule has 1 rings (SSSR count). The van der Waals surface area contributed by atoms with Gasteiger partial charge in [-0.05, 0) is 6.42 Å². The van der Waals surface area contributed by atoms with Crippen molar-refractivity contribution in [1.29, 1.82) is 0 Å². The summed E-state index contributed by atoms with van der Waals surface area (Å²) in [7, 11) is 0. The number of amides is 1. The van der Waals surface area contributed by atoms with Crippen LogP contribution in [-0.4, -0.2) is 30.3 Å². The maximum atomic E-state index is 11.7. The summed E-state index contributed by atoms with van der Waals surface area (Å²) in [6.45, 7) is 2.53. The number of esters is 1. The standard InChI is InChI=1S/C16H27NO4/c1-2-3-4-5-6-7-8-9-13(18)12-15(19)17-14-10-11-21-16(14)20/h14H,2-12H2,1H3,(H,17,19)/t14-/m0/s1. The lowest BCUT2D eigenvalue weighted by molar-refractivity contribution is -0.142. The first-order chi connectivity index (χ1) is 10.1. The summed E-state index contributed by atoms with van der Waals surface area (Å²) in [5.74, 6) is -0.818. The van der Waals surface area contributed by atoms with Crippen LogP contribution in [0.1, 0.15) is 71.1 Å². The molecule has 0 aromatic heterocycles. The van der Waals surface area contributed by atoms with Gasteiger partial charge in [0.05, 0.1) is 13.0 Å². The molecule has 1 atom stereocenters. The van der Waals surface area contributed by atoms with Crippen molar-refractivity contribution in [1.82, 2.24) is 5.32 Å². The Labute approximate surface area is 126 Å². The highest BCUT2D eigenvalue weighted by Gasteiger charge is 2.28. The molecule has 1 aliphatic rings. The molecular formula is C16H27NO4. The van der Waals surface area contributed by atoms with Crippen molar-refractivity contribution in [3.8, 4) is 0 Å². The molecule has 21 heavy (non-hydrogen) atoms. The third kappa shape index (κ3) is 7.83. The Hall–Kier alpha value is -1.39. The predicted molar refractivity (Wildman–Crippen MR) is 79.7 cm³/mol. The summed E-state index contributed by atoms with van der Waals surface area (Å²) in [5, 5.41) is 2.55. The van der Waals surface area contributed by atoms with Crippen LogP contribution in [0.3, 0.4) is 0 Å². The van der Waals surface area contributed by atoms with Gasteiger partial charge in [-0.15, -0.1) is 0 Å². The molecule has 1 aliphatic heterocycles. The fraction of sp³-hybridized carbons (Fsp3) is 0.812. The molecule has 1 saturated heterocycles. The fourth-order valence-electron chi connectivity index (χ4n) is 2.42. The van der Waals surface area contributed by atoms with Gasteiger partial charge in [0.15, 0.2) is 0 Å². The van der Waals surface area contributed by atoms with E-state index in [4.69, 9.17) is 4.74 Å². The Morgan fingerprint density at radius 2 is 1.81 bits per heavy atom. The van der Waals surface area contributed by atoms with E-state index in [1.165, 1.54) is 25.7 Å². The highest BCUT2D eigenvalue weighted by Crippen LogP contribution is 2.10. The predicted octanol–water partition coefficient (Wildman–Crippen LogP) is 2.52. The van der Waals surface area contributed by atoms with Gasteiger partial charge in [-0.1, -0.05) is 45.4 Å². The first kappa shape index (κ1) is 17.7. The van der Waals surface area contributed by atoms with Crippen LogP contribution in [0.25, 0.3) is 0 Å². The van der Waals surface area contributed by atoms with E-state index in [-0.39, 0.29) is 18.1 Å². The number of hydrogen-bond acceptors (Lipinski definition) is 4. The van der Waals surface area contributed by atoms with E-state index in [1.54, 1.807) is 0 Å². The number of ketones is 1. The van der Waals surface area contributed by atoms with Crippen LogP contribution in [-0.2, 0) is 19.1 Å². The molecule has 1 fully saturated rings. The van der Waals surface area contributed by atoms with Gasteiger partial charge >= 0.3 is 5.97 Å². The summed E-state index contributed by atoms with van der Waals surface area (Å²) in [4.78, 5) is 34.5. The zero-order valence-corrected chi connectivity index (χ0v) is 13.0. The third-order valence-corrected chi connectivity index (χ3v) is 3.69. The van der Waals surface area contributed by atoms with Crippen molar-refractivity contribution in [3.05, 3.63) is 0 Å². The highest BCUT2D eigenvalue weighted by atomic mass is 16.5. The fourth-order valence-corrected chi connectivity index (χ4v) is 2.42. The van der Waals surface area contributed by atoms with E-state index < -0.39 is 12.0 Å². The van der Waals surface area contributed by atoms with Crippen molar-refractivity contribution in [2.45, 2.75) is 77.2 Å². The molecule has 0 spiro atoms. The first-order valence-electron chi connectivity index (χ1n) is 8.11. The van der Waals surface area contributed by atoms with Gasteiger partial charge in [-0.2, -0.15) is 0 Å². The van der Waals surface area contributed by atoms with Gasteiger partial charge in [0, 0.05) is 12.8 Å². The van der Waals surface area contributed by atoms with E-state index >= 15 is 0 Å². The monoisotopic (exact) mass is 297 g/mol. The number of Topliss-reactive ketones (excluding diaryl/α,β-unsaturated/α-hetero) is 1. The second-order valence-electron chi connectivity index (χ2n) is 5.66. The number of carbonyl (C=O) groups is 3. The summed E-state index contributed by atoms with van der Waals surface area (Å²) in [6, 6.07) is -0.566. The van der Waals surface area contributed by atoms with E-state index in [0.29, 0.717) is 19.4 Å². The van der Waals surface area contributed by atoms with Crippen LogP contribution in [0.15, 0.2) is 0 Å². The SMILES string of the molecule is CCCCCCCCCC(=O)CC(=O)N[C@H]1CCOC1=O. The van der Waals surface area contributed by atoms with E-state index in [9.17, 15) is 14.4 Å². The first-order valence-corrected chi connectivity index (χ1v) is 8.11. The summed E-state index contributed by atoms with van der Waals surface area (Å²) in [6.07, 6.45) is 8.90. The molecule has 0 saturated carbocycles. The third-order valence-electron chi connectivity index (χ3n) is 3.69. The number of hydrogen-bond donors (Lipinski definition) is 1. The zero-order chi connectivity index (χ0) is 15.5. The number of nitrogens with one attached hydrogen (secondary N) is 1. The Morgan fingerprint density at radius 1 is 1.14 bits per heavy atom. The average Bonchev–Trinajstić information content (AvgIpc) is 2.83. The molecule has 5 nitrogen and oxygen atoms in total. The second kappa shape index (κ2) is 10.4. The zero-order valence-electron chi connectivity index (χ0n) is 13.0. The molecular weight excluding hydrogens is 270 g/mol. The summed E-state index contributed by atoms with van der Waals surface area (Å²) >= 11 is 0. The summed E-state index contributed by atoms with van der Waals surface area (Å²) in [5.41, 5.74) is 0. The van der Waals surface area contributed by atoms with Gasteiger partial charge in [0.1, 0.15) is 11.8 Å². The molecule has 0 aromatic rings.